The van der Waals surface area contributed by atoms with Gasteiger partial charge < -0.3 is 19.5 Å². The highest BCUT2D eigenvalue weighted by Crippen LogP contribution is 2.28. The average Bonchev–Trinajstić information content (AvgIpc) is 2.89. The molecular weight excluding hydrogens is 286 g/mol. The Morgan fingerprint density at radius 3 is 2.68 bits per heavy atom. The van der Waals surface area contributed by atoms with Gasteiger partial charge in [0.2, 0.25) is 0 Å². The van der Waals surface area contributed by atoms with Gasteiger partial charge in [0.1, 0.15) is 12.4 Å². The number of hydrogen-bond donors (Lipinski definition) is 1. The number of amides is 1. The van der Waals surface area contributed by atoms with Gasteiger partial charge in [-0.15, -0.1) is 0 Å². The first kappa shape index (κ1) is 16.3. The zero-order chi connectivity index (χ0) is 16.1. The van der Waals surface area contributed by atoms with Gasteiger partial charge in [-0.25, -0.2) is 0 Å². The highest BCUT2D eigenvalue weighted by molar-refractivity contribution is 5.97. The predicted octanol–water partition coefficient (Wildman–Crippen LogP) is 1.65. The third kappa shape index (κ3) is 3.39. The molecule has 2 atom stereocenters. The van der Waals surface area contributed by atoms with Crippen molar-refractivity contribution in [2.45, 2.75) is 19.4 Å². The molecule has 1 aromatic carbocycles. The maximum absolute atomic E-state index is 12.7. The molecule has 0 radical (unpaired) electrons. The van der Waals surface area contributed by atoms with E-state index in [1.807, 2.05) is 0 Å². The molecule has 6 nitrogen and oxygen atoms in total. The Morgan fingerprint density at radius 1 is 1.32 bits per heavy atom. The van der Waals surface area contributed by atoms with Crippen molar-refractivity contribution in [2.75, 3.05) is 26.9 Å². The minimum atomic E-state index is -0.854. The summed E-state index contributed by atoms with van der Waals surface area (Å²) in [6, 6.07) is 6.68. The molecule has 0 bridgehead atoms. The van der Waals surface area contributed by atoms with E-state index >= 15 is 0 Å². The average molecular weight is 307 g/mol. The van der Waals surface area contributed by atoms with Gasteiger partial charge in [-0.1, -0.05) is 12.1 Å². The molecule has 1 aliphatic heterocycles. The summed E-state index contributed by atoms with van der Waals surface area (Å²) in [5.74, 6) is -1.06. The van der Waals surface area contributed by atoms with Crippen LogP contribution < -0.4 is 4.74 Å². The number of ether oxygens (including phenoxy) is 2. The van der Waals surface area contributed by atoms with Crippen LogP contribution in [0, 0.1) is 5.92 Å². The monoisotopic (exact) mass is 307 g/mol. The quantitative estimate of drug-likeness (QED) is 0.809. The van der Waals surface area contributed by atoms with Crippen LogP contribution in [0.4, 0.5) is 0 Å². The van der Waals surface area contributed by atoms with Gasteiger partial charge in [-0.3, -0.25) is 9.59 Å². The van der Waals surface area contributed by atoms with Crippen molar-refractivity contribution in [1.29, 1.82) is 0 Å². The Morgan fingerprint density at radius 2 is 2.05 bits per heavy atom. The number of carbonyl (C=O) groups is 2. The number of carboxylic acid groups (broad SMARTS) is 1. The zero-order valence-electron chi connectivity index (χ0n) is 12.8. The lowest BCUT2D eigenvalue weighted by Crippen LogP contribution is -2.37. The number of rotatable bonds is 6. The van der Waals surface area contributed by atoms with Crippen molar-refractivity contribution >= 4 is 11.9 Å². The number of nitrogens with zero attached hydrogens (tertiary/aromatic N) is 1. The van der Waals surface area contributed by atoms with Gasteiger partial charge in [-0.2, -0.15) is 0 Å². The van der Waals surface area contributed by atoms with Crippen LogP contribution in [-0.2, 0) is 9.53 Å². The van der Waals surface area contributed by atoms with Gasteiger partial charge in [0.15, 0.2) is 0 Å². The molecule has 0 spiro atoms. The van der Waals surface area contributed by atoms with E-state index in [4.69, 9.17) is 9.47 Å². The van der Waals surface area contributed by atoms with Gasteiger partial charge in [0, 0.05) is 19.7 Å². The number of methoxy groups -OCH3 is 1. The second-order valence-electron chi connectivity index (χ2n) is 5.31. The fraction of sp³-hybridized carbons (Fsp3) is 0.500. The Kier molecular flexibility index (Phi) is 5.38. The lowest BCUT2D eigenvalue weighted by Gasteiger charge is -2.24. The van der Waals surface area contributed by atoms with Crippen LogP contribution in [0.15, 0.2) is 24.3 Å². The second-order valence-corrected chi connectivity index (χ2v) is 5.31. The summed E-state index contributed by atoms with van der Waals surface area (Å²) in [5, 5.41) is 9.18. The van der Waals surface area contributed by atoms with E-state index in [0.717, 1.165) is 0 Å². The van der Waals surface area contributed by atoms with Crippen LogP contribution in [0.5, 0.6) is 5.75 Å². The number of carbonyl (C=O) groups excluding carboxylic acids is 1. The highest BCUT2D eigenvalue weighted by Gasteiger charge is 2.38. The zero-order valence-corrected chi connectivity index (χ0v) is 12.8. The van der Waals surface area contributed by atoms with Gasteiger partial charge in [0.25, 0.3) is 5.91 Å². The van der Waals surface area contributed by atoms with Crippen LogP contribution >= 0.6 is 0 Å². The molecule has 2 rings (SSSR count). The number of aliphatic carboxylic acids is 1. The normalized spacial score (nSPS) is 20.9. The van der Waals surface area contributed by atoms with E-state index in [-0.39, 0.29) is 11.9 Å². The van der Waals surface area contributed by atoms with E-state index in [1.54, 1.807) is 43.2 Å². The third-order valence-corrected chi connectivity index (χ3v) is 4.00. The van der Waals surface area contributed by atoms with Crippen LogP contribution in [-0.4, -0.2) is 54.8 Å². The predicted molar refractivity (Wildman–Crippen MR) is 80.1 cm³/mol. The summed E-state index contributed by atoms with van der Waals surface area (Å²) in [5.41, 5.74) is 0.455. The van der Waals surface area contributed by atoms with E-state index in [9.17, 15) is 14.7 Å². The van der Waals surface area contributed by atoms with Gasteiger partial charge in [0.05, 0.1) is 18.1 Å². The maximum Gasteiger partial charge on any atom is 0.308 e. The maximum atomic E-state index is 12.7. The van der Waals surface area contributed by atoms with Crippen molar-refractivity contribution in [3.05, 3.63) is 29.8 Å². The minimum absolute atomic E-state index is 0.190. The Labute approximate surface area is 129 Å². The molecule has 1 N–H and O–H groups in total. The molecule has 0 saturated carbocycles. The third-order valence-electron chi connectivity index (χ3n) is 4.00. The van der Waals surface area contributed by atoms with Crippen LogP contribution in [0.2, 0.25) is 0 Å². The Hall–Kier alpha value is -2.08. The summed E-state index contributed by atoms with van der Waals surface area (Å²) in [6.45, 7) is 3.01. The molecular formula is C16H21NO5. The first-order valence-electron chi connectivity index (χ1n) is 7.30. The SMILES string of the molecule is COCCOc1ccccc1C(=O)N1CCC(C(=O)O)C1C. The molecule has 1 fully saturated rings. The number of carboxylic acids is 1. The standard InChI is InChI=1S/C16H21NO5/c1-11-12(16(19)20)7-8-17(11)15(18)13-5-3-4-6-14(13)22-10-9-21-2/h3-6,11-12H,7-10H2,1-2H3,(H,19,20). The van der Waals surface area contributed by atoms with Crippen LogP contribution in [0.3, 0.4) is 0 Å². The van der Waals surface area contributed by atoms with E-state index < -0.39 is 11.9 Å². The number of hydrogen-bond acceptors (Lipinski definition) is 4. The molecule has 1 saturated heterocycles. The molecule has 22 heavy (non-hydrogen) atoms. The van der Waals surface area contributed by atoms with Crippen LogP contribution in [0.1, 0.15) is 23.7 Å². The summed E-state index contributed by atoms with van der Waals surface area (Å²) in [7, 11) is 1.58. The van der Waals surface area contributed by atoms with Crippen molar-refractivity contribution < 1.29 is 24.2 Å². The topological polar surface area (TPSA) is 76.1 Å². The molecule has 2 unspecified atom stereocenters. The second kappa shape index (κ2) is 7.26. The fourth-order valence-corrected chi connectivity index (χ4v) is 2.72. The molecule has 1 aromatic rings. The largest absolute Gasteiger partial charge is 0.490 e. The fourth-order valence-electron chi connectivity index (χ4n) is 2.72. The lowest BCUT2D eigenvalue weighted by atomic mass is 10.0. The lowest BCUT2D eigenvalue weighted by molar-refractivity contribution is -0.142. The number of likely N-dealkylation sites (tertiary alicyclic amines) is 1. The molecule has 1 amide bonds. The van der Waals surface area contributed by atoms with E-state index in [0.29, 0.717) is 37.5 Å². The van der Waals surface area contributed by atoms with Crippen molar-refractivity contribution in [2.24, 2.45) is 5.92 Å². The molecule has 0 aromatic heterocycles. The molecule has 1 aliphatic rings. The summed E-state index contributed by atoms with van der Waals surface area (Å²) in [6.07, 6.45) is 0.481. The van der Waals surface area contributed by atoms with Crippen molar-refractivity contribution in [3.8, 4) is 5.75 Å². The first-order chi connectivity index (χ1) is 10.6. The molecule has 6 heteroatoms. The van der Waals surface area contributed by atoms with Gasteiger partial charge >= 0.3 is 5.97 Å². The number of benzene rings is 1. The van der Waals surface area contributed by atoms with Gasteiger partial charge in [-0.05, 0) is 25.5 Å². The summed E-state index contributed by atoms with van der Waals surface area (Å²) >= 11 is 0. The van der Waals surface area contributed by atoms with Crippen molar-refractivity contribution in [1.82, 2.24) is 4.90 Å². The van der Waals surface area contributed by atoms with E-state index in [1.165, 1.54) is 0 Å². The van der Waals surface area contributed by atoms with E-state index in [2.05, 4.69) is 0 Å². The van der Waals surface area contributed by atoms with Crippen molar-refractivity contribution in [3.63, 3.8) is 0 Å². The molecule has 120 valence electrons. The first-order valence-corrected chi connectivity index (χ1v) is 7.30. The Bertz CT molecular complexity index is 545. The summed E-state index contributed by atoms with van der Waals surface area (Å²) in [4.78, 5) is 25.5. The minimum Gasteiger partial charge on any atom is -0.490 e. The molecule has 1 heterocycles. The smallest absolute Gasteiger partial charge is 0.308 e. The Balaban J connectivity index is 2.14. The highest BCUT2D eigenvalue weighted by atomic mass is 16.5. The molecule has 0 aliphatic carbocycles. The van der Waals surface area contributed by atoms with Crippen LogP contribution in [0.25, 0.3) is 0 Å². The summed E-state index contributed by atoms with van der Waals surface area (Å²) < 4.78 is 10.5. The number of para-hydroxylation sites is 1.